The van der Waals surface area contributed by atoms with Gasteiger partial charge in [-0.15, -0.1) is 0 Å². The molecule has 1 aliphatic carbocycles. The fourth-order valence-corrected chi connectivity index (χ4v) is 2.48. The van der Waals surface area contributed by atoms with E-state index in [4.69, 9.17) is 0 Å². The quantitative estimate of drug-likeness (QED) is 0.820. The monoisotopic (exact) mass is 321 g/mol. The lowest BCUT2D eigenvalue weighted by atomic mass is 10.0. The number of carbonyl (C=O) groups excluding carboxylic acids is 1. The molecular formula is C14H15F4NO3. The van der Waals surface area contributed by atoms with Crippen LogP contribution < -0.4 is 10.1 Å². The molecule has 0 saturated heterocycles. The van der Waals surface area contributed by atoms with Crippen LogP contribution >= 0.6 is 0 Å². The number of hydrogen-bond acceptors (Lipinski definition) is 3. The average Bonchev–Trinajstić information content (AvgIpc) is 2.82. The van der Waals surface area contributed by atoms with Crippen LogP contribution in [0, 0.1) is 11.6 Å². The summed E-state index contributed by atoms with van der Waals surface area (Å²) in [6.45, 7) is -3.35. The van der Waals surface area contributed by atoms with E-state index in [1.54, 1.807) is 0 Å². The maximum Gasteiger partial charge on any atom is 0.387 e. The lowest BCUT2D eigenvalue weighted by molar-refractivity contribution is -0.0501. The molecule has 8 heteroatoms. The Kier molecular flexibility index (Phi) is 4.90. The number of ether oxygens (including phenoxy) is 1. The summed E-state index contributed by atoms with van der Waals surface area (Å²) in [4.78, 5) is 11.8. The molecule has 2 N–H and O–H groups in total. The zero-order valence-corrected chi connectivity index (χ0v) is 11.5. The molecule has 0 aliphatic heterocycles. The van der Waals surface area contributed by atoms with Gasteiger partial charge in [0.1, 0.15) is 22.9 Å². The second-order valence-electron chi connectivity index (χ2n) is 5.25. The van der Waals surface area contributed by atoms with E-state index in [-0.39, 0.29) is 6.54 Å². The molecule has 0 radical (unpaired) electrons. The fourth-order valence-electron chi connectivity index (χ4n) is 2.48. The van der Waals surface area contributed by atoms with E-state index in [0.29, 0.717) is 25.0 Å². The summed E-state index contributed by atoms with van der Waals surface area (Å²) < 4.78 is 55.3. The first kappa shape index (κ1) is 16.5. The van der Waals surface area contributed by atoms with Crippen molar-refractivity contribution in [2.75, 3.05) is 6.54 Å². The van der Waals surface area contributed by atoms with Crippen molar-refractivity contribution in [2.45, 2.75) is 37.9 Å². The second-order valence-corrected chi connectivity index (χ2v) is 5.25. The smallest absolute Gasteiger partial charge is 0.387 e. The van der Waals surface area contributed by atoms with Crippen molar-refractivity contribution < 1.29 is 32.2 Å². The highest BCUT2D eigenvalue weighted by atomic mass is 19.3. The van der Waals surface area contributed by atoms with E-state index < -0.39 is 41.1 Å². The van der Waals surface area contributed by atoms with Crippen LogP contribution in [0.3, 0.4) is 0 Å². The third-order valence-corrected chi connectivity index (χ3v) is 3.58. The molecule has 0 spiro atoms. The van der Waals surface area contributed by atoms with Gasteiger partial charge in [-0.25, -0.2) is 8.78 Å². The van der Waals surface area contributed by atoms with Crippen molar-refractivity contribution in [1.29, 1.82) is 0 Å². The van der Waals surface area contributed by atoms with Gasteiger partial charge in [0, 0.05) is 18.7 Å². The van der Waals surface area contributed by atoms with Crippen molar-refractivity contribution >= 4 is 5.91 Å². The van der Waals surface area contributed by atoms with Gasteiger partial charge in [0.2, 0.25) is 0 Å². The molecule has 1 aromatic rings. The molecule has 2 rings (SSSR count). The van der Waals surface area contributed by atoms with Crippen molar-refractivity contribution in [3.63, 3.8) is 0 Å². The van der Waals surface area contributed by atoms with Crippen molar-refractivity contribution in [2.24, 2.45) is 0 Å². The summed E-state index contributed by atoms with van der Waals surface area (Å²) in [6.07, 6.45) is 2.63. The Balaban J connectivity index is 2.09. The summed E-state index contributed by atoms with van der Waals surface area (Å²) in [5, 5.41) is 12.3. The van der Waals surface area contributed by atoms with Crippen LogP contribution in [0.2, 0.25) is 0 Å². The Hall–Kier alpha value is -1.83. The second kappa shape index (κ2) is 6.51. The number of aliphatic hydroxyl groups is 1. The first-order chi connectivity index (χ1) is 10.3. The molecule has 1 fully saturated rings. The lowest BCUT2D eigenvalue weighted by Crippen LogP contribution is -2.41. The Bertz CT molecular complexity index is 536. The van der Waals surface area contributed by atoms with E-state index in [0.717, 1.165) is 12.8 Å². The molecule has 22 heavy (non-hydrogen) atoms. The highest BCUT2D eigenvalue weighted by molar-refractivity contribution is 5.95. The highest BCUT2D eigenvalue weighted by Gasteiger charge is 2.32. The number of hydrogen-bond donors (Lipinski definition) is 2. The van der Waals surface area contributed by atoms with E-state index in [2.05, 4.69) is 10.1 Å². The third kappa shape index (κ3) is 3.88. The van der Waals surface area contributed by atoms with Crippen molar-refractivity contribution in [1.82, 2.24) is 5.32 Å². The van der Waals surface area contributed by atoms with Crippen LogP contribution in [0.1, 0.15) is 36.0 Å². The predicted molar refractivity (Wildman–Crippen MR) is 68.7 cm³/mol. The topological polar surface area (TPSA) is 58.6 Å². The van der Waals surface area contributed by atoms with E-state index in [9.17, 15) is 27.5 Å². The van der Waals surface area contributed by atoms with Gasteiger partial charge in [0.25, 0.3) is 5.91 Å². The number of alkyl halides is 2. The minimum Gasteiger partial charge on any atom is -0.435 e. The van der Waals surface area contributed by atoms with Gasteiger partial charge in [0.05, 0.1) is 5.60 Å². The molecule has 1 saturated carbocycles. The number of nitrogens with one attached hydrogen (secondary N) is 1. The van der Waals surface area contributed by atoms with Gasteiger partial charge in [-0.3, -0.25) is 4.79 Å². The van der Waals surface area contributed by atoms with E-state index in [1.807, 2.05) is 0 Å². The van der Waals surface area contributed by atoms with Gasteiger partial charge < -0.3 is 15.2 Å². The van der Waals surface area contributed by atoms with Crippen LogP contribution in [-0.2, 0) is 0 Å². The third-order valence-electron chi connectivity index (χ3n) is 3.58. The standard InChI is InChI=1S/C14H15F4NO3/c15-9-5-8(22-13(17)18)6-10(16)11(9)12(20)19-7-14(21)3-1-2-4-14/h5-6,13,21H,1-4,7H2,(H,19,20). The molecule has 4 nitrogen and oxygen atoms in total. The van der Waals surface area contributed by atoms with Gasteiger partial charge in [0.15, 0.2) is 0 Å². The molecule has 0 bridgehead atoms. The zero-order chi connectivity index (χ0) is 16.3. The number of benzene rings is 1. The maximum absolute atomic E-state index is 13.7. The van der Waals surface area contributed by atoms with Gasteiger partial charge in [-0.2, -0.15) is 8.78 Å². The molecule has 1 amide bonds. The summed E-state index contributed by atoms with van der Waals surface area (Å²) in [7, 11) is 0. The molecule has 0 heterocycles. The number of carbonyl (C=O) groups is 1. The summed E-state index contributed by atoms with van der Waals surface area (Å²) in [6, 6.07) is 1.02. The minimum absolute atomic E-state index is 0.125. The van der Waals surface area contributed by atoms with Crippen LogP contribution in [0.25, 0.3) is 0 Å². The fraction of sp³-hybridized carbons (Fsp3) is 0.500. The molecule has 0 aromatic heterocycles. The first-order valence-corrected chi connectivity index (χ1v) is 6.75. The maximum atomic E-state index is 13.7. The summed E-state index contributed by atoms with van der Waals surface area (Å²) >= 11 is 0. The molecule has 0 atom stereocenters. The number of halogens is 4. The molecule has 0 unspecified atom stereocenters. The zero-order valence-electron chi connectivity index (χ0n) is 11.5. The average molecular weight is 321 g/mol. The molecule has 1 aromatic carbocycles. The van der Waals surface area contributed by atoms with E-state index >= 15 is 0 Å². The van der Waals surface area contributed by atoms with Gasteiger partial charge in [-0.05, 0) is 12.8 Å². The van der Waals surface area contributed by atoms with Crippen LogP contribution in [0.15, 0.2) is 12.1 Å². The lowest BCUT2D eigenvalue weighted by Gasteiger charge is -2.22. The van der Waals surface area contributed by atoms with Crippen LogP contribution in [-0.4, -0.2) is 29.8 Å². The molecule has 122 valence electrons. The van der Waals surface area contributed by atoms with Gasteiger partial charge in [-0.1, -0.05) is 12.8 Å². The Labute approximate surface area is 124 Å². The molecule has 1 aliphatic rings. The summed E-state index contributed by atoms with van der Waals surface area (Å²) in [5.41, 5.74) is -1.97. The Morgan fingerprint density at radius 1 is 1.27 bits per heavy atom. The Morgan fingerprint density at radius 3 is 2.32 bits per heavy atom. The van der Waals surface area contributed by atoms with Crippen molar-refractivity contribution in [3.8, 4) is 5.75 Å². The van der Waals surface area contributed by atoms with Crippen molar-refractivity contribution in [3.05, 3.63) is 29.3 Å². The first-order valence-electron chi connectivity index (χ1n) is 6.75. The minimum atomic E-state index is -3.23. The van der Waals surface area contributed by atoms with Crippen LogP contribution in [0.5, 0.6) is 5.75 Å². The predicted octanol–water partition coefficient (Wildman–Crippen LogP) is 2.60. The Morgan fingerprint density at radius 2 is 1.82 bits per heavy atom. The largest absolute Gasteiger partial charge is 0.435 e. The number of rotatable bonds is 5. The SMILES string of the molecule is O=C(NCC1(O)CCCC1)c1c(F)cc(OC(F)F)cc1F. The molecular weight excluding hydrogens is 306 g/mol. The van der Waals surface area contributed by atoms with Gasteiger partial charge >= 0.3 is 6.61 Å². The normalized spacial score (nSPS) is 16.8. The highest BCUT2D eigenvalue weighted by Crippen LogP contribution is 2.29. The summed E-state index contributed by atoms with van der Waals surface area (Å²) in [5.74, 6) is -4.40. The number of amides is 1. The van der Waals surface area contributed by atoms with Crippen LogP contribution in [0.4, 0.5) is 17.6 Å². The van der Waals surface area contributed by atoms with E-state index in [1.165, 1.54) is 0 Å².